The second-order valence-electron chi connectivity index (χ2n) is 4.50. The highest BCUT2D eigenvalue weighted by Gasteiger charge is 2.22. The molecule has 0 radical (unpaired) electrons. The van der Waals surface area contributed by atoms with E-state index in [1.807, 2.05) is 11.8 Å². The van der Waals surface area contributed by atoms with Crippen LogP contribution in [0.25, 0.3) is 0 Å². The Kier molecular flexibility index (Phi) is 3.64. The molecule has 3 nitrogen and oxygen atoms in total. The quantitative estimate of drug-likeness (QED) is 0.858. The van der Waals surface area contributed by atoms with Crippen LogP contribution in [0.15, 0.2) is 18.2 Å². The Hall–Kier alpha value is -1.13. The van der Waals surface area contributed by atoms with Gasteiger partial charge in [-0.15, -0.1) is 0 Å². The Labute approximate surface area is 101 Å². The van der Waals surface area contributed by atoms with Crippen LogP contribution in [0, 0.1) is 5.82 Å². The Morgan fingerprint density at radius 2 is 2.29 bits per heavy atom. The molecule has 0 aliphatic carbocycles. The van der Waals surface area contributed by atoms with Gasteiger partial charge in [0.1, 0.15) is 5.82 Å². The fourth-order valence-electron chi connectivity index (χ4n) is 2.10. The van der Waals surface area contributed by atoms with Crippen molar-refractivity contribution < 1.29 is 14.2 Å². The van der Waals surface area contributed by atoms with Crippen molar-refractivity contribution in [2.24, 2.45) is 0 Å². The number of rotatable bonds is 2. The Morgan fingerprint density at radius 3 is 2.88 bits per heavy atom. The van der Waals surface area contributed by atoms with E-state index in [-0.39, 0.29) is 11.9 Å². The number of nitrogens with zero attached hydrogens (tertiary/aromatic N) is 1. The number of halogens is 1. The third kappa shape index (κ3) is 2.58. The highest BCUT2D eigenvalue weighted by Crippen LogP contribution is 2.26. The number of morpholine rings is 1. The second-order valence-corrected chi connectivity index (χ2v) is 4.50. The monoisotopic (exact) mass is 239 g/mol. The lowest BCUT2D eigenvalue weighted by Crippen LogP contribution is -2.44. The summed E-state index contributed by atoms with van der Waals surface area (Å²) in [7, 11) is 0. The molecule has 1 saturated heterocycles. The molecule has 1 aromatic carbocycles. The standard InChI is InChI=1S/C13H18FNO2/c1-9-8-17-6-5-15(9)13-4-3-11(10(2)16)7-12(13)14/h3-4,7,9-10,16H,5-6,8H2,1-2H3. The molecule has 0 spiro atoms. The van der Waals surface area contributed by atoms with E-state index in [9.17, 15) is 9.50 Å². The first-order valence-electron chi connectivity index (χ1n) is 5.91. The fraction of sp³-hybridized carbons (Fsp3) is 0.538. The van der Waals surface area contributed by atoms with E-state index in [2.05, 4.69) is 0 Å². The Morgan fingerprint density at radius 1 is 1.53 bits per heavy atom. The largest absolute Gasteiger partial charge is 0.389 e. The van der Waals surface area contributed by atoms with E-state index in [0.29, 0.717) is 31.0 Å². The molecule has 0 bridgehead atoms. The minimum atomic E-state index is -0.638. The molecule has 1 aromatic rings. The molecule has 1 aliphatic rings. The average molecular weight is 239 g/mol. The van der Waals surface area contributed by atoms with Gasteiger partial charge in [-0.05, 0) is 31.5 Å². The number of aliphatic hydroxyl groups excluding tert-OH is 1. The van der Waals surface area contributed by atoms with Gasteiger partial charge in [-0.3, -0.25) is 0 Å². The van der Waals surface area contributed by atoms with E-state index >= 15 is 0 Å². The van der Waals surface area contributed by atoms with Crippen LogP contribution < -0.4 is 4.90 Å². The first-order valence-corrected chi connectivity index (χ1v) is 5.91. The van der Waals surface area contributed by atoms with Crippen molar-refractivity contribution in [2.45, 2.75) is 26.0 Å². The fourth-order valence-corrected chi connectivity index (χ4v) is 2.10. The molecule has 1 N–H and O–H groups in total. The lowest BCUT2D eigenvalue weighted by atomic mass is 10.1. The number of hydrogen-bond donors (Lipinski definition) is 1. The summed E-state index contributed by atoms with van der Waals surface area (Å²) in [6.45, 7) is 5.60. The molecular weight excluding hydrogens is 221 g/mol. The number of ether oxygens (including phenoxy) is 1. The van der Waals surface area contributed by atoms with Crippen LogP contribution >= 0.6 is 0 Å². The van der Waals surface area contributed by atoms with E-state index in [1.54, 1.807) is 19.1 Å². The number of hydrogen-bond acceptors (Lipinski definition) is 3. The number of aliphatic hydroxyl groups is 1. The molecular formula is C13H18FNO2. The highest BCUT2D eigenvalue weighted by atomic mass is 19.1. The van der Waals surface area contributed by atoms with Crippen LogP contribution in [0.1, 0.15) is 25.5 Å². The van der Waals surface area contributed by atoms with Gasteiger partial charge in [0.05, 0.1) is 25.0 Å². The molecule has 4 heteroatoms. The van der Waals surface area contributed by atoms with E-state index < -0.39 is 6.10 Å². The molecule has 2 atom stereocenters. The summed E-state index contributed by atoms with van der Waals surface area (Å²) in [6, 6.07) is 5.09. The maximum absolute atomic E-state index is 14.0. The van der Waals surface area contributed by atoms with Gasteiger partial charge >= 0.3 is 0 Å². The molecule has 2 unspecified atom stereocenters. The van der Waals surface area contributed by atoms with Gasteiger partial charge in [-0.25, -0.2) is 4.39 Å². The summed E-state index contributed by atoms with van der Waals surface area (Å²) < 4.78 is 19.3. The molecule has 94 valence electrons. The summed E-state index contributed by atoms with van der Waals surface area (Å²) in [5.74, 6) is -0.280. The summed E-state index contributed by atoms with van der Waals surface area (Å²) in [5, 5.41) is 9.40. The Balaban J connectivity index is 2.26. The normalized spacial score (nSPS) is 22.6. The minimum Gasteiger partial charge on any atom is -0.389 e. The van der Waals surface area contributed by atoms with Crippen molar-refractivity contribution in [3.63, 3.8) is 0 Å². The molecule has 1 aliphatic heterocycles. The molecule has 0 aromatic heterocycles. The van der Waals surface area contributed by atoms with Gasteiger partial charge in [0.2, 0.25) is 0 Å². The summed E-state index contributed by atoms with van der Waals surface area (Å²) in [4.78, 5) is 2.00. The summed E-state index contributed by atoms with van der Waals surface area (Å²) >= 11 is 0. The smallest absolute Gasteiger partial charge is 0.146 e. The maximum atomic E-state index is 14.0. The van der Waals surface area contributed by atoms with Crippen LogP contribution in [0.3, 0.4) is 0 Å². The van der Waals surface area contributed by atoms with Gasteiger partial charge in [0, 0.05) is 12.6 Å². The van der Waals surface area contributed by atoms with Crippen molar-refractivity contribution in [2.75, 3.05) is 24.7 Å². The second kappa shape index (κ2) is 5.02. The van der Waals surface area contributed by atoms with Crippen LogP contribution in [-0.2, 0) is 4.74 Å². The number of benzene rings is 1. The zero-order valence-corrected chi connectivity index (χ0v) is 10.2. The van der Waals surface area contributed by atoms with Gasteiger partial charge in [0.15, 0.2) is 0 Å². The van der Waals surface area contributed by atoms with E-state index in [1.165, 1.54) is 6.07 Å². The third-order valence-electron chi connectivity index (χ3n) is 3.13. The van der Waals surface area contributed by atoms with E-state index in [0.717, 1.165) is 0 Å². The average Bonchev–Trinajstić information content (AvgIpc) is 2.30. The summed E-state index contributed by atoms with van der Waals surface area (Å²) in [6.07, 6.45) is -0.638. The van der Waals surface area contributed by atoms with Crippen LogP contribution in [0.2, 0.25) is 0 Å². The Bertz CT molecular complexity index is 395. The first-order chi connectivity index (χ1) is 8.09. The zero-order valence-electron chi connectivity index (χ0n) is 10.2. The molecule has 0 saturated carbocycles. The third-order valence-corrected chi connectivity index (χ3v) is 3.13. The first kappa shape index (κ1) is 12.3. The topological polar surface area (TPSA) is 32.7 Å². The lowest BCUT2D eigenvalue weighted by Gasteiger charge is -2.35. The highest BCUT2D eigenvalue weighted by molar-refractivity contribution is 5.50. The van der Waals surface area contributed by atoms with Crippen molar-refractivity contribution in [1.29, 1.82) is 0 Å². The van der Waals surface area contributed by atoms with E-state index in [4.69, 9.17) is 4.74 Å². The van der Waals surface area contributed by atoms with Gasteiger partial charge in [0.25, 0.3) is 0 Å². The molecule has 1 fully saturated rings. The predicted molar refractivity (Wildman–Crippen MR) is 64.7 cm³/mol. The number of anilines is 1. The minimum absolute atomic E-state index is 0.177. The molecule has 0 amide bonds. The lowest BCUT2D eigenvalue weighted by molar-refractivity contribution is 0.0985. The van der Waals surface area contributed by atoms with Gasteiger partial charge < -0.3 is 14.7 Å². The van der Waals surface area contributed by atoms with Gasteiger partial charge in [-0.1, -0.05) is 6.07 Å². The maximum Gasteiger partial charge on any atom is 0.146 e. The van der Waals surface area contributed by atoms with Crippen molar-refractivity contribution in [3.8, 4) is 0 Å². The van der Waals surface area contributed by atoms with Crippen LogP contribution in [0.4, 0.5) is 10.1 Å². The molecule has 1 heterocycles. The SMILES string of the molecule is CC(O)c1ccc(N2CCOCC2C)c(F)c1. The van der Waals surface area contributed by atoms with Crippen molar-refractivity contribution in [3.05, 3.63) is 29.6 Å². The zero-order chi connectivity index (χ0) is 12.4. The van der Waals surface area contributed by atoms with Crippen LogP contribution in [0.5, 0.6) is 0 Å². The summed E-state index contributed by atoms with van der Waals surface area (Å²) in [5.41, 5.74) is 1.19. The molecule has 2 rings (SSSR count). The van der Waals surface area contributed by atoms with Crippen molar-refractivity contribution >= 4 is 5.69 Å². The predicted octanol–water partition coefficient (Wildman–Crippen LogP) is 2.10. The van der Waals surface area contributed by atoms with Crippen LogP contribution in [-0.4, -0.2) is 30.9 Å². The van der Waals surface area contributed by atoms with Gasteiger partial charge in [-0.2, -0.15) is 0 Å². The van der Waals surface area contributed by atoms with Crippen molar-refractivity contribution in [1.82, 2.24) is 0 Å². The molecule has 17 heavy (non-hydrogen) atoms.